The molecule has 24 heavy (non-hydrogen) atoms. The topological polar surface area (TPSA) is 69.7 Å². The van der Waals surface area contributed by atoms with Gasteiger partial charge in [-0.05, 0) is 49.9 Å². The van der Waals surface area contributed by atoms with Gasteiger partial charge in [-0.15, -0.1) is 0 Å². The summed E-state index contributed by atoms with van der Waals surface area (Å²) < 4.78 is 10.7. The highest BCUT2D eigenvalue weighted by molar-refractivity contribution is 6.30. The van der Waals surface area contributed by atoms with Crippen molar-refractivity contribution in [1.82, 2.24) is 0 Å². The van der Waals surface area contributed by atoms with E-state index in [1.54, 1.807) is 31.2 Å². The number of Topliss-reactive ketones (excluding diaryl/α,β-unsaturated/α-hetero) is 1. The summed E-state index contributed by atoms with van der Waals surface area (Å²) in [6.07, 6.45) is 0.641. The van der Waals surface area contributed by atoms with Crippen LogP contribution in [-0.2, 0) is 19.1 Å². The average Bonchev–Trinajstić information content (AvgIpc) is 3.16. The van der Waals surface area contributed by atoms with E-state index in [1.165, 1.54) is 0 Å². The van der Waals surface area contributed by atoms with Crippen molar-refractivity contribution in [2.45, 2.75) is 32.0 Å². The molecule has 126 valence electrons. The molecule has 1 saturated heterocycles. The molecule has 4 rings (SSSR count). The van der Waals surface area contributed by atoms with E-state index in [2.05, 4.69) is 0 Å². The van der Waals surface area contributed by atoms with Crippen molar-refractivity contribution in [3.8, 4) is 0 Å². The monoisotopic (exact) mass is 348 g/mol. The molecule has 1 aliphatic heterocycles. The number of carbonyl (C=O) groups excluding carboxylic acids is 3. The van der Waals surface area contributed by atoms with E-state index >= 15 is 0 Å². The molecule has 0 spiro atoms. The summed E-state index contributed by atoms with van der Waals surface area (Å²) in [5, 5.41) is 0.535. The van der Waals surface area contributed by atoms with Gasteiger partial charge in [0.2, 0.25) is 5.78 Å². The molecular weight excluding hydrogens is 332 g/mol. The van der Waals surface area contributed by atoms with Crippen LogP contribution in [0.25, 0.3) is 0 Å². The molecule has 1 aromatic rings. The summed E-state index contributed by atoms with van der Waals surface area (Å²) >= 11 is 5.81. The molecule has 0 N–H and O–H groups in total. The third-order valence-electron chi connectivity index (χ3n) is 5.55. The fourth-order valence-corrected chi connectivity index (χ4v) is 4.61. The smallest absolute Gasteiger partial charge is 0.310 e. The molecule has 2 aliphatic carbocycles. The number of hydrogen-bond acceptors (Lipinski definition) is 5. The van der Waals surface area contributed by atoms with E-state index < -0.39 is 18.0 Å². The largest absolute Gasteiger partial charge is 0.462 e. The van der Waals surface area contributed by atoms with Gasteiger partial charge >= 0.3 is 11.9 Å². The molecule has 0 aromatic heterocycles. The normalized spacial score (nSPS) is 34.1. The third-order valence-corrected chi connectivity index (χ3v) is 5.80. The van der Waals surface area contributed by atoms with Gasteiger partial charge in [-0.2, -0.15) is 0 Å². The first-order valence-corrected chi connectivity index (χ1v) is 8.54. The maximum absolute atomic E-state index is 12.6. The Balaban J connectivity index is 1.45. The number of ketones is 1. The second-order valence-corrected chi connectivity index (χ2v) is 7.31. The van der Waals surface area contributed by atoms with E-state index in [1.807, 2.05) is 0 Å². The van der Waals surface area contributed by atoms with Gasteiger partial charge in [-0.3, -0.25) is 14.4 Å². The van der Waals surface area contributed by atoms with Crippen molar-refractivity contribution < 1.29 is 23.9 Å². The SMILES string of the molecule is C[C@@H](OC(=O)[C@@H]1[C@@H]2C[C@H]3[C@@H]1C(=O)O[C@@H]3C2)C(=O)c1ccc(Cl)cc1. The molecule has 0 unspecified atom stereocenters. The van der Waals surface area contributed by atoms with Crippen LogP contribution in [0.15, 0.2) is 24.3 Å². The van der Waals surface area contributed by atoms with Crippen molar-refractivity contribution in [2.75, 3.05) is 0 Å². The van der Waals surface area contributed by atoms with E-state index in [4.69, 9.17) is 21.1 Å². The second kappa shape index (κ2) is 5.59. The molecule has 3 fully saturated rings. The van der Waals surface area contributed by atoms with E-state index in [-0.39, 0.29) is 35.6 Å². The predicted molar refractivity (Wildman–Crippen MR) is 84.4 cm³/mol. The van der Waals surface area contributed by atoms with Crippen LogP contribution in [0.5, 0.6) is 0 Å². The number of benzene rings is 1. The molecule has 6 atom stereocenters. The second-order valence-electron chi connectivity index (χ2n) is 6.87. The van der Waals surface area contributed by atoms with Crippen LogP contribution in [0.1, 0.15) is 30.1 Å². The zero-order valence-corrected chi connectivity index (χ0v) is 13.9. The Morgan fingerprint density at radius 3 is 2.67 bits per heavy atom. The highest BCUT2D eigenvalue weighted by atomic mass is 35.5. The van der Waals surface area contributed by atoms with Crippen molar-refractivity contribution in [3.05, 3.63) is 34.9 Å². The highest BCUT2D eigenvalue weighted by Gasteiger charge is 2.64. The Kier molecular flexibility index (Phi) is 3.64. The first kappa shape index (κ1) is 15.6. The lowest BCUT2D eigenvalue weighted by atomic mass is 9.80. The van der Waals surface area contributed by atoms with Crippen LogP contribution < -0.4 is 0 Å². The fourth-order valence-electron chi connectivity index (χ4n) is 4.48. The molecule has 1 aromatic carbocycles. The molecular formula is C18H17ClO5. The molecule has 6 heteroatoms. The number of esters is 2. The summed E-state index contributed by atoms with van der Waals surface area (Å²) in [6, 6.07) is 6.44. The van der Waals surface area contributed by atoms with Crippen molar-refractivity contribution >= 4 is 29.3 Å². The van der Waals surface area contributed by atoms with Gasteiger partial charge in [0, 0.05) is 16.5 Å². The van der Waals surface area contributed by atoms with Crippen molar-refractivity contribution in [3.63, 3.8) is 0 Å². The number of carbonyl (C=O) groups is 3. The molecule has 0 radical (unpaired) electrons. The van der Waals surface area contributed by atoms with Gasteiger partial charge in [0.25, 0.3) is 0 Å². The van der Waals surface area contributed by atoms with Crippen LogP contribution in [0.2, 0.25) is 5.02 Å². The Morgan fingerprint density at radius 1 is 1.25 bits per heavy atom. The molecule has 1 heterocycles. The Morgan fingerprint density at radius 2 is 1.96 bits per heavy atom. The van der Waals surface area contributed by atoms with Crippen molar-refractivity contribution in [1.29, 1.82) is 0 Å². The molecule has 2 bridgehead atoms. The lowest BCUT2D eigenvalue weighted by Gasteiger charge is -2.24. The predicted octanol–water partition coefficient (Wildman–Crippen LogP) is 2.65. The van der Waals surface area contributed by atoms with Crippen LogP contribution in [-0.4, -0.2) is 29.9 Å². The summed E-state index contributed by atoms with van der Waals surface area (Å²) in [4.78, 5) is 36.9. The molecule has 2 saturated carbocycles. The van der Waals surface area contributed by atoms with Crippen LogP contribution in [0.3, 0.4) is 0 Å². The van der Waals surface area contributed by atoms with Crippen LogP contribution in [0.4, 0.5) is 0 Å². The van der Waals surface area contributed by atoms with Gasteiger partial charge in [0.15, 0.2) is 6.10 Å². The number of halogens is 1. The zero-order valence-electron chi connectivity index (χ0n) is 13.1. The molecule has 0 amide bonds. The van der Waals surface area contributed by atoms with Gasteiger partial charge in [-0.1, -0.05) is 11.6 Å². The summed E-state index contributed by atoms with van der Waals surface area (Å²) in [5.41, 5.74) is 0.438. The zero-order chi connectivity index (χ0) is 17.0. The van der Waals surface area contributed by atoms with Crippen LogP contribution >= 0.6 is 11.6 Å². The lowest BCUT2D eigenvalue weighted by molar-refractivity contribution is -0.157. The fraction of sp³-hybridized carbons (Fsp3) is 0.500. The lowest BCUT2D eigenvalue weighted by Crippen LogP contribution is -2.36. The van der Waals surface area contributed by atoms with Gasteiger partial charge in [-0.25, -0.2) is 0 Å². The average molecular weight is 349 g/mol. The minimum absolute atomic E-state index is 0.0235. The van der Waals surface area contributed by atoms with Gasteiger partial charge in [0.05, 0.1) is 11.8 Å². The summed E-state index contributed by atoms with van der Waals surface area (Å²) in [5.74, 6) is -1.62. The van der Waals surface area contributed by atoms with E-state index in [9.17, 15) is 14.4 Å². The van der Waals surface area contributed by atoms with Gasteiger partial charge < -0.3 is 9.47 Å². The quantitative estimate of drug-likeness (QED) is 0.618. The Hall–Kier alpha value is -1.88. The standard InChI is InChI=1S/C18H17ClO5/c1-8(16(20)9-2-4-11(19)5-3-9)23-17(21)14-10-6-12-13(7-10)24-18(22)15(12)14/h2-5,8,10,12-15H,6-7H2,1H3/t8-,10-,12-,13-,14-,15+/m1/s1. The Labute approximate surface area is 144 Å². The first-order chi connectivity index (χ1) is 11.5. The highest BCUT2D eigenvalue weighted by Crippen LogP contribution is 2.58. The molecule has 3 aliphatic rings. The molecule has 5 nitrogen and oxygen atoms in total. The van der Waals surface area contributed by atoms with Crippen molar-refractivity contribution in [2.24, 2.45) is 23.7 Å². The third kappa shape index (κ3) is 2.34. The summed E-state index contributed by atoms with van der Waals surface area (Å²) in [6.45, 7) is 1.55. The maximum Gasteiger partial charge on any atom is 0.310 e. The number of hydrogen-bond donors (Lipinski definition) is 0. The summed E-state index contributed by atoms with van der Waals surface area (Å²) in [7, 11) is 0. The van der Waals surface area contributed by atoms with Gasteiger partial charge in [0.1, 0.15) is 6.10 Å². The van der Waals surface area contributed by atoms with Crippen LogP contribution in [0, 0.1) is 23.7 Å². The minimum atomic E-state index is -0.897. The number of fused-ring (bicyclic) bond motifs is 1. The number of ether oxygens (including phenoxy) is 2. The Bertz CT molecular complexity index is 711. The first-order valence-electron chi connectivity index (χ1n) is 8.16. The maximum atomic E-state index is 12.6. The minimum Gasteiger partial charge on any atom is -0.462 e. The number of rotatable bonds is 4. The van der Waals surface area contributed by atoms with E-state index in [0.717, 1.165) is 12.8 Å². The van der Waals surface area contributed by atoms with E-state index in [0.29, 0.717) is 10.6 Å².